The van der Waals surface area contributed by atoms with E-state index in [0.29, 0.717) is 32.0 Å². The van der Waals surface area contributed by atoms with E-state index in [2.05, 4.69) is 10.3 Å². The summed E-state index contributed by atoms with van der Waals surface area (Å²) in [6, 6.07) is 10.5. The second-order valence-electron chi connectivity index (χ2n) is 7.20. The van der Waals surface area contributed by atoms with Crippen molar-refractivity contribution >= 4 is 15.7 Å². The van der Waals surface area contributed by atoms with Crippen molar-refractivity contribution in [3.63, 3.8) is 0 Å². The maximum absolute atomic E-state index is 12.6. The first-order valence-electron chi connectivity index (χ1n) is 9.49. The number of pyridine rings is 1. The van der Waals surface area contributed by atoms with Gasteiger partial charge in [-0.2, -0.15) is 0 Å². The average Bonchev–Trinajstić information content (AvgIpc) is 2.71. The number of aromatic nitrogens is 1. The zero-order valence-electron chi connectivity index (χ0n) is 16.0. The van der Waals surface area contributed by atoms with Crippen LogP contribution in [0, 0.1) is 5.92 Å². The topological polar surface area (TPSA) is 85.4 Å². The van der Waals surface area contributed by atoms with Crippen LogP contribution in [0.25, 0.3) is 0 Å². The highest BCUT2D eigenvalue weighted by Crippen LogP contribution is 2.29. The quantitative estimate of drug-likeness (QED) is 0.770. The summed E-state index contributed by atoms with van der Waals surface area (Å²) in [5.41, 5.74) is 1.95. The number of rotatable bonds is 7. The molecule has 1 saturated heterocycles. The molecule has 6 nitrogen and oxygen atoms in total. The molecule has 0 saturated carbocycles. The molecule has 0 spiro atoms. The Kier molecular flexibility index (Phi) is 6.80. The first kappa shape index (κ1) is 20.5. The molecule has 0 aliphatic carbocycles. The predicted octanol–water partition coefficient (Wildman–Crippen LogP) is 2.70. The van der Waals surface area contributed by atoms with E-state index >= 15 is 0 Å². The third kappa shape index (κ3) is 5.62. The van der Waals surface area contributed by atoms with Crippen molar-refractivity contribution in [2.24, 2.45) is 5.92 Å². The third-order valence-corrected chi connectivity index (χ3v) is 6.22. The molecule has 2 heterocycles. The summed E-state index contributed by atoms with van der Waals surface area (Å²) < 4.78 is 28.5. The van der Waals surface area contributed by atoms with E-state index in [0.717, 1.165) is 24.0 Å². The lowest BCUT2D eigenvalue weighted by Crippen LogP contribution is -2.36. The minimum atomic E-state index is -3.21. The average molecular weight is 403 g/mol. The van der Waals surface area contributed by atoms with E-state index in [1.54, 1.807) is 30.5 Å². The highest BCUT2D eigenvalue weighted by Gasteiger charge is 2.27. The lowest BCUT2D eigenvalue weighted by atomic mass is 9.87. The number of aryl methyl sites for hydroxylation is 1. The molecule has 1 aromatic carbocycles. The summed E-state index contributed by atoms with van der Waals surface area (Å²) >= 11 is 0. The normalized spacial score (nSPS) is 16.5. The maximum Gasteiger partial charge on any atom is 0.220 e. The van der Waals surface area contributed by atoms with Gasteiger partial charge in [-0.1, -0.05) is 18.2 Å². The summed E-state index contributed by atoms with van der Waals surface area (Å²) in [6.07, 6.45) is 7.45. The van der Waals surface area contributed by atoms with Gasteiger partial charge in [0.2, 0.25) is 5.91 Å². The maximum atomic E-state index is 12.6. The summed E-state index contributed by atoms with van der Waals surface area (Å²) in [4.78, 5) is 17.1. The Labute approximate surface area is 166 Å². The lowest BCUT2D eigenvalue weighted by molar-refractivity contribution is -0.122. The van der Waals surface area contributed by atoms with Crippen molar-refractivity contribution in [2.45, 2.75) is 36.6 Å². The molecule has 1 fully saturated rings. The molecule has 1 atom stereocenters. The molecule has 0 bridgehead atoms. The molecule has 1 aliphatic heterocycles. The zero-order chi connectivity index (χ0) is 20.0. The Morgan fingerprint density at radius 1 is 1.21 bits per heavy atom. The summed E-state index contributed by atoms with van der Waals surface area (Å²) in [5.74, 6) is 0.309. The number of amides is 1. The van der Waals surface area contributed by atoms with Gasteiger partial charge in [0.05, 0.1) is 10.9 Å². The second kappa shape index (κ2) is 9.30. The number of hydrogen-bond acceptors (Lipinski definition) is 5. The second-order valence-corrected chi connectivity index (χ2v) is 9.21. The largest absolute Gasteiger partial charge is 0.381 e. The highest BCUT2D eigenvalue weighted by molar-refractivity contribution is 7.90. The molecule has 150 valence electrons. The number of benzene rings is 1. The van der Waals surface area contributed by atoms with Gasteiger partial charge in [0.15, 0.2) is 9.84 Å². The van der Waals surface area contributed by atoms with Crippen LogP contribution in [0.4, 0.5) is 0 Å². The van der Waals surface area contributed by atoms with Crippen molar-refractivity contribution in [3.8, 4) is 0 Å². The monoisotopic (exact) mass is 402 g/mol. The van der Waals surface area contributed by atoms with Crippen LogP contribution in [0.15, 0.2) is 53.7 Å². The SMILES string of the molecule is CS(=O)(=O)c1ccc(CCC(=O)NC(c2cccnc2)C2CCOCC2)cc1. The Bertz CT molecular complexity index is 876. The number of hydrogen-bond donors (Lipinski definition) is 1. The number of nitrogens with zero attached hydrogens (tertiary/aromatic N) is 1. The molecule has 1 N–H and O–H groups in total. The Morgan fingerprint density at radius 3 is 2.54 bits per heavy atom. The van der Waals surface area contributed by atoms with Crippen LogP contribution in [0.1, 0.15) is 36.4 Å². The Hall–Kier alpha value is -2.25. The smallest absolute Gasteiger partial charge is 0.220 e. The standard InChI is InChI=1S/C21H26N2O4S/c1-28(25,26)19-7-4-16(5-8-19)6-9-20(24)23-21(17-10-13-27-14-11-17)18-3-2-12-22-15-18/h2-5,7-8,12,15,17,21H,6,9-11,13-14H2,1H3,(H,23,24). The van der Waals surface area contributed by atoms with Gasteiger partial charge in [-0.3, -0.25) is 9.78 Å². The molecular formula is C21H26N2O4S. The summed E-state index contributed by atoms with van der Waals surface area (Å²) in [5, 5.41) is 3.18. The van der Waals surface area contributed by atoms with E-state index in [9.17, 15) is 13.2 Å². The predicted molar refractivity (Wildman–Crippen MR) is 107 cm³/mol. The van der Waals surface area contributed by atoms with Gasteiger partial charge < -0.3 is 10.1 Å². The van der Waals surface area contributed by atoms with Gasteiger partial charge in [-0.25, -0.2) is 8.42 Å². The first-order valence-corrected chi connectivity index (χ1v) is 11.4. The van der Waals surface area contributed by atoms with Gasteiger partial charge >= 0.3 is 0 Å². The van der Waals surface area contributed by atoms with Gasteiger partial charge in [0.25, 0.3) is 0 Å². The first-order chi connectivity index (χ1) is 13.4. The molecule has 0 radical (unpaired) electrons. The van der Waals surface area contributed by atoms with Crippen molar-refractivity contribution in [3.05, 3.63) is 59.9 Å². The van der Waals surface area contributed by atoms with E-state index < -0.39 is 9.84 Å². The van der Waals surface area contributed by atoms with Crippen molar-refractivity contribution in [1.29, 1.82) is 0 Å². The van der Waals surface area contributed by atoms with E-state index in [1.807, 2.05) is 18.3 Å². The minimum Gasteiger partial charge on any atom is -0.381 e. The highest BCUT2D eigenvalue weighted by atomic mass is 32.2. The molecule has 1 unspecified atom stereocenters. The molecule has 7 heteroatoms. The van der Waals surface area contributed by atoms with Gasteiger partial charge in [0, 0.05) is 38.3 Å². The van der Waals surface area contributed by atoms with Crippen molar-refractivity contribution in [2.75, 3.05) is 19.5 Å². The van der Waals surface area contributed by atoms with E-state index in [-0.39, 0.29) is 16.8 Å². The fourth-order valence-electron chi connectivity index (χ4n) is 3.49. The van der Waals surface area contributed by atoms with Crippen LogP contribution in [0.3, 0.4) is 0 Å². The van der Waals surface area contributed by atoms with Crippen LogP contribution in [0.5, 0.6) is 0 Å². The molecule has 3 rings (SSSR count). The van der Waals surface area contributed by atoms with Crippen molar-refractivity contribution < 1.29 is 17.9 Å². The summed E-state index contributed by atoms with van der Waals surface area (Å²) in [7, 11) is -3.21. The Morgan fingerprint density at radius 2 is 1.93 bits per heavy atom. The molecule has 1 amide bonds. The Balaban J connectivity index is 1.62. The lowest BCUT2D eigenvalue weighted by Gasteiger charge is -2.31. The van der Waals surface area contributed by atoms with Crippen LogP contribution in [-0.4, -0.2) is 38.8 Å². The number of ether oxygens (including phenoxy) is 1. The molecule has 2 aromatic rings. The van der Waals surface area contributed by atoms with Crippen LogP contribution < -0.4 is 5.32 Å². The molecule has 1 aliphatic rings. The number of carbonyl (C=O) groups is 1. The fourth-order valence-corrected chi connectivity index (χ4v) is 4.12. The van der Waals surface area contributed by atoms with Crippen molar-refractivity contribution in [1.82, 2.24) is 10.3 Å². The van der Waals surface area contributed by atoms with Crippen LogP contribution in [-0.2, 0) is 25.8 Å². The van der Waals surface area contributed by atoms with Gasteiger partial charge in [0.1, 0.15) is 0 Å². The van der Waals surface area contributed by atoms with E-state index in [1.165, 1.54) is 6.26 Å². The van der Waals surface area contributed by atoms with Crippen LogP contribution in [0.2, 0.25) is 0 Å². The summed E-state index contributed by atoms with van der Waals surface area (Å²) in [6.45, 7) is 1.42. The van der Waals surface area contributed by atoms with Gasteiger partial charge in [-0.05, 0) is 54.5 Å². The minimum absolute atomic E-state index is 0.0208. The fraction of sp³-hybridized carbons (Fsp3) is 0.429. The number of carbonyl (C=O) groups excluding carboxylic acids is 1. The molecule has 28 heavy (non-hydrogen) atoms. The third-order valence-electron chi connectivity index (χ3n) is 5.09. The molecule has 1 aromatic heterocycles. The van der Waals surface area contributed by atoms with E-state index in [4.69, 9.17) is 4.74 Å². The zero-order valence-corrected chi connectivity index (χ0v) is 16.8. The number of nitrogens with one attached hydrogen (secondary N) is 1. The molecular weight excluding hydrogens is 376 g/mol. The number of sulfone groups is 1. The van der Waals surface area contributed by atoms with Crippen LogP contribution >= 0.6 is 0 Å². The van der Waals surface area contributed by atoms with Gasteiger partial charge in [-0.15, -0.1) is 0 Å².